The highest BCUT2D eigenvalue weighted by Crippen LogP contribution is 2.22. The van der Waals surface area contributed by atoms with Gasteiger partial charge in [0.15, 0.2) is 0 Å². The SMILES string of the molecule is Cc1ccc(Cn2nc(C)c(C(=O)NCCC3=CCCCC3)c2Cl)cc1. The standard InChI is InChI=1S/C21H26ClN3O/c1-15-8-10-18(11-9-15)14-25-20(22)19(16(2)24-25)21(26)23-13-12-17-6-4-3-5-7-17/h6,8-11H,3-5,7,12-14H2,1-2H3,(H,23,26). The molecule has 0 radical (unpaired) electrons. The summed E-state index contributed by atoms with van der Waals surface area (Å²) in [7, 11) is 0. The molecule has 2 aromatic rings. The van der Waals surface area contributed by atoms with Gasteiger partial charge in [0.1, 0.15) is 5.15 Å². The van der Waals surface area contributed by atoms with E-state index in [1.165, 1.54) is 30.4 Å². The van der Waals surface area contributed by atoms with Gasteiger partial charge in [-0.1, -0.05) is 53.1 Å². The fraction of sp³-hybridized carbons (Fsp3) is 0.429. The van der Waals surface area contributed by atoms with Crippen molar-refractivity contribution in [2.75, 3.05) is 6.54 Å². The Balaban J connectivity index is 1.63. The molecule has 0 saturated heterocycles. The van der Waals surface area contributed by atoms with Crippen molar-refractivity contribution in [1.82, 2.24) is 15.1 Å². The van der Waals surface area contributed by atoms with Crippen molar-refractivity contribution in [3.8, 4) is 0 Å². The van der Waals surface area contributed by atoms with Gasteiger partial charge in [-0.2, -0.15) is 5.10 Å². The van der Waals surface area contributed by atoms with Crippen LogP contribution in [0.25, 0.3) is 0 Å². The molecule has 3 rings (SSSR count). The van der Waals surface area contributed by atoms with Crippen LogP contribution in [0.1, 0.15) is 59.3 Å². The lowest BCUT2D eigenvalue weighted by atomic mass is 9.97. The van der Waals surface area contributed by atoms with Crippen molar-refractivity contribution in [3.63, 3.8) is 0 Å². The molecule has 1 amide bonds. The predicted octanol–water partition coefficient (Wildman–Crippen LogP) is 4.82. The van der Waals surface area contributed by atoms with E-state index >= 15 is 0 Å². The van der Waals surface area contributed by atoms with Crippen molar-refractivity contribution in [2.45, 2.75) is 52.5 Å². The summed E-state index contributed by atoms with van der Waals surface area (Å²) in [5.74, 6) is -0.140. The normalized spacial score (nSPS) is 14.2. The molecule has 0 atom stereocenters. The molecule has 0 fully saturated rings. The molecular weight excluding hydrogens is 346 g/mol. The number of aromatic nitrogens is 2. The minimum atomic E-state index is -0.140. The van der Waals surface area contributed by atoms with Crippen LogP contribution in [0.2, 0.25) is 5.15 Å². The molecule has 26 heavy (non-hydrogen) atoms. The van der Waals surface area contributed by atoms with Crippen LogP contribution >= 0.6 is 11.6 Å². The van der Waals surface area contributed by atoms with Gasteiger partial charge in [0.25, 0.3) is 5.91 Å². The molecule has 1 aliphatic rings. The highest BCUT2D eigenvalue weighted by atomic mass is 35.5. The number of allylic oxidation sites excluding steroid dienone is 1. The molecule has 1 aromatic carbocycles. The van der Waals surface area contributed by atoms with Gasteiger partial charge < -0.3 is 5.32 Å². The summed E-state index contributed by atoms with van der Waals surface area (Å²) in [6, 6.07) is 8.24. The smallest absolute Gasteiger partial charge is 0.256 e. The van der Waals surface area contributed by atoms with Crippen LogP contribution in [0, 0.1) is 13.8 Å². The third kappa shape index (κ3) is 4.55. The van der Waals surface area contributed by atoms with Crippen molar-refractivity contribution < 1.29 is 4.79 Å². The minimum absolute atomic E-state index is 0.140. The number of amides is 1. The highest BCUT2D eigenvalue weighted by molar-refractivity contribution is 6.33. The second-order valence-corrected chi connectivity index (χ2v) is 7.37. The van der Waals surface area contributed by atoms with Gasteiger partial charge in [-0.3, -0.25) is 4.79 Å². The van der Waals surface area contributed by atoms with Gasteiger partial charge in [-0.05, 0) is 51.5 Å². The fourth-order valence-corrected chi connectivity index (χ4v) is 3.66. The van der Waals surface area contributed by atoms with Crippen LogP contribution < -0.4 is 5.32 Å². The second-order valence-electron chi connectivity index (χ2n) is 7.01. The number of hydrogen-bond acceptors (Lipinski definition) is 2. The summed E-state index contributed by atoms with van der Waals surface area (Å²) < 4.78 is 1.69. The molecule has 1 N–H and O–H groups in total. The monoisotopic (exact) mass is 371 g/mol. The van der Waals surface area contributed by atoms with E-state index in [-0.39, 0.29) is 5.91 Å². The number of carbonyl (C=O) groups is 1. The largest absolute Gasteiger partial charge is 0.352 e. The van der Waals surface area contributed by atoms with Gasteiger partial charge in [0.05, 0.1) is 17.8 Å². The van der Waals surface area contributed by atoms with E-state index in [2.05, 4.69) is 47.7 Å². The number of nitrogens with one attached hydrogen (secondary N) is 1. The summed E-state index contributed by atoms with van der Waals surface area (Å²) in [4.78, 5) is 12.6. The Labute approximate surface area is 160 Å². The van der Waals surface area contributed by atoms with Crippen molar-refractivity contribution >= 4 is 17.5 Å². The quantitative estimate of drug-likeness (QED) is 0.740. The lowest BCUT2D eigenvalue weighted by molar-refractivity contribution is 0.0953. The summed E-state index contributed by atoms with van der Waals surface area (Å²) in [5.41, 5.74) is 4.92. The predicted molar refractivity (Wildman–Crippen MR) is 106 cm³/mol. The molecule has 1 aliphatic carbocycles. The van der Waals surface area contributed by atoms with Gasteiger partial charge in [0, 0.05) is 6.54 Å². The number of benzene rings is 1. The summed E-state index contributed by atoms with van der Waals surface area (Å²) in [6.07, 6.45) is 8.10. The number of halogens is 1. The second kappa shape index (κ2) is 8.54. The molecule has 1 heterocycles. The first kappa shape index (κ1) is 18.7. The number of nitrogens with zero attached hydrogens (tertiary/aromatic N) is 2. The summed E-state index contributed by atoms with van der Waals surface area (Å²) >= 11 is 6.46. The zero-order valence-corrected chi connectivity index (χ0v) is 16.3. The maximum atomic E-state index is 12.6. The molecule has 1 aromatic heterocycles. The Bertz CT molecular complexity index is 805. The van der Waals surface area contributed by atoms with E-state index < -0.39 is 0 Å². The molecule has 0 saturated carbocycles. The first-order chi connectivity index (χ1) is 12.5. The summed E-state index contributed by atoms with van der Waals surface area (Å²) in [5, 5.41) is 7.85. The number of rotatable bonds is 6. The Morgan fingerprint density at radius 2 is 2.00 bits per heavy atom. The first-order valence-corrected chi connectivity index (χ1v) is 9.67. The molecule has 0 bridgehead atoms. The van der Waals surface area contributed by atoms with Gasteiger partial charge in [-0.25, -0.2) is 4.68 Å². The molecule has 5 heteroatoms. The third-order valence-corrected chi connectivity index (χ3v) is 5.25. The third-order valence-electron chi connectivity index (χ3n) is 4.86. The van der Waals surface area contributed by atoms with E-state index in [1.54, 1.807) is 4.68 Å². The van der Waals surface area contributed by atoms with Crippen LogP contribution in [0.4, 0.5) is 0 Å². The fourth-order valence-electron chi connectivity index (χ4n) is 3.34. The number of aryl methyl sites for hydroxylation is 2. The zero-order chi connectivity index (χ0) is 18.5. The van der Waals surface area contributed by atoms with E-state index in [4.69, 9.17) is 11.6 Å². The molecule has 138 valence electrons. The van der Waals surface area contributed by atoms with E-state index in [0.717, 1.165) is 18.4 Å². The highest BCUT2D eigenvalue weighted by Gasteiger charge is 2.20. The van der Waals surface area contributed by atoms with Crippen molar-refractivity contribution in [3.05, 3.63) is 63.5 Å². The topological polar surface area (TPSA) is 46.9 Å². The van der Waals surface area contributed by atoms with Crippen LogP contribution in [0.5, 0.6) is 0 Å². The molecule has 0 unspecified atom stereocenters. The Morgan fingerprint density at radius 1 is 1.23 bits per heavy atom. The van der Waals surface area contributed by atoms with E-state index in [9.17, 15) is 4.79 Å². The van der Waals surface area contributed by atoms with Gasteiger partial charge in [-0.15, -0.1) is 0 Å². The Morgan fingerprint density at radius 3 is 2.69 bits per heavy atom. The van der Waals surface area contributed by atoms with E-state index in [1.807, 2.05) is 6.92 Å². The van der Waals surface area contributed by atoms with Crippen LogP contribution in [0.3, 0.4) is 0 Å². The van der Waals surface area contributed by atoms with Crippen LogP contribution in [-0.2, 0) is 6.54 Å². The molecular formula is C21H26ClN3O. The molecule has 0 spiro atoms. The Hall–Kier alpha value is -2.07. The van der Waals surface area contributed by atoms with Crippen LogP contribution in [-0.4, -0.2) is 22.2 Å². The average molecular weight is 372 g/mol. The number of carbonyl (C=O) groups excluding carboxylic acids is 1. The van der Waals surface area contributed by atoms with Gasteiger partial charge >= 0.3 is 0 Å². The molecule has 4 nitrogen and oxygen atoms in total. The molecule has 0 aliphatic heterocycles. The maximum absolute atomic E-state index is 12.6. The Kier molecular flexibility index (Phi) is 6.15. The lowest BCUT2D eigenvalue weighted by Gasteiger charge is -2.13. The summed E-state index contributed by atoms with van der Waals surface area (Å²) in [6.45, 7) is 5.08. The van der Waals surface area contributed by atoms with E-state index in [0.29, 0.717) is 29.5 Å². The minimum Gasteiger partial charge on any atom is -0.352 e. The first-order valence-electron chi connectivity index (χ1n) is 9.29. The zero-order valence-electron chi connectivity index (χ0n) is 15.5. The average Bonchev–Trinajstić information content (AvgIpc) is 2.91. The van der Waals surface area contributed by atoms with Crippen molar-refractivity contribution in [1.29, 1.82) is 0 Å². The van der Waals surface area contributed by atoms with Gasteiger partial charge in [0.2, 0.25) is 0 Å². The maximum Gasteiger partial charge on any atom is 0.256 e. The van der Waals surface area contributed by atoms with Crippen molar-refractivity contribution in [2.24, 2.45) is 0 Å². The van der Waals surface area contributed by atoms with Crippen LogP contribution in [0.15, 0.2) is 35.9 Å². The lowest BCUT2D eigenvalue weighted by Crippen LogP contribution is -2.25. The number of hydrogen-bond donors (Lipinski definition) is 1.